The number of rotatable bonds is 20. The van der Waals surface area contributed by atoms with Gasteiger partial charge in [-0.2, -0.15) is 0 Å². The van der Waals surface area contributed by atoms with Crippen molar-refractivity contribution in [1.29, 1.82) is 0 Å². The summed E-state index contributed by atoms with van der Waals surface area (Å²) >= 11 is 0. The fourth-order valence-electron chi connectivity index (χ4n) is 3.84. The molecular weight excluding hydrogens is 425 g/mol. The standard InChI is InChI=1S/C25H44NO5P/c1-2-3-4-5-6-7-8-9-10-11-12-13-17-20-25(27)26-24(22-31-32(28,29)30)21-23-18-15-14-16-19-23/h14-16,18-19,24H,2-13,17,20-22H2,1H3,(H,26,27)(H2,28,29,30)/t24-/m1/s1. The normalized spacial score (nSPS) is 12.6. The van der Waals surface area contributed by atoms with Crippen LogP contribution in [0.5, 0.6) is 0 Å². The van der Waals surface area contributed by atoms with Gasteiger partial charge in [-0.05, 0) is 18.4 Å². The summed E-state index contributed by atoms with van der Waals surface area (Å²) in [6.07, 6.45) is 17.2. The molecule has 1 amide bonds. The summed E-state index contributed by atoms with van der Waals surface area (Å²) in [5.41, 5.74) is 0.980. The van der Waals surface area contributed by atoms with Gasteiger partial charge < -0.3 is 15.1 Å². The zero-order chi connectivity index (χ0) is 23.5. The molecule has 0 aliphatic carbocycles. The van der Waals surface area contributed by atoms with Crippen LogP contribution in [-0.4, -0.2) is 28.3 Å². The average Bonchev–Trinajstić information content (AvgIpc) is 2.75. The van der Waals surface area contributed by atoms with E-state index in [1.54, 1.807) is 0 Å². The second-order valence-electron chi connectivity index (χ2n) is 8.73. The van der Waals surface area contributed by atoms with E-state index in [-0.39, 0.29) is 12.5 Å². The number of benzene rings is 1. The van der Waals surface area contributed by atoms with Gasteiger partial charge >= 0.3 is 7.82 Å². The molecule has 1 atom stereocenters. The van der Waals surface area contributed by atoms with E-state index in [0.717, 1.165) is 24.8 Å². The Kier molecular flexibility index (Phi) is 16.4. The van der Waals surface area contributed by atoms with E-state index in [0.29, 0.717) is 12.8 Å². The molecular formula is C25H44NO5P. The third kappa shape index (κ3) is 17.4. The summed E-state index contributed by atoms with van der Waals surface area (Å²) in [7, 11) is -4.57. The number of phosphoric acid groups is 1. The highest BCUT2D eigenvalue weighted by molar-refractivity contribution is 7.46. The summed E-state index contributed by atoms with van der Waals surface area (Å²) in [6, 6.07) is 9.06. The molecule has 0 saturated carbocycles. The molecule has 0 unspecified atom stereocenters. The molecule has 3 N–H and O–H groups in total. The van der Waals surface area contributed by atoms with Gasteiger partial charge in [0, 0.05) is 6.42 Å². The van der Waals surface area contributed by atoms with Crippen molar-refractivity contribution in [3.8, 4) is 0 Å². The van der Waals surface area contributed by atoms with Crippen LogP contribution in [0.4, 0.5) is 0 Å². The smallest absolute Gasteiger partial charge is 0.351 e. The van der Waals surface area contributed by atoms with E-state index >= 15 is 0 Å². The van der Waals surface area contributed by atoms with Crippen molar-refractivity contribution in [3.05, 3.63) is 35.9 Å². The Morgan fingerprint density at radius 3 is 1.88 bits per heavy atom. The second-order valence-corrected chi connectivity index (χ2v) is 9.97. The zero-order valence-corrected chi connectivity index (χ0v) is 20.7. The van der Waals surface area contributed by atoms with Crippen molar-refractivity contribution in [3.63, 3.8) is 0 Å². The van der Waals surface area contributed by atoms with Crippen LogP contribution in [0.3, 0.4) is 0 Å². The summed E-state index contributed by atoms with van der Waals surface area (Å²) in [5.74, 6) is -0.0942. The highest BCUT2D eigenvalue weighted by atomic mass is 31.2. The van der Waals surface area contributed by atoms with Gasteiger partial charge in [0.1, 0.15) is 0 Å². The minimum absolute atomic E-state index is 0.0942. The monoisotopic (exact) mass is 469 g/mol. The Labute approximate surface area is 194 Å². The Morgan fingerprint density at radius 1 is 0.875 bits per heavy atom. The molecule has 0 aromatic heterocycles. The molecule has 184 valence electrons. The fourth-order valence-corrected chi connectivity index (χ4v) is 4.21. The number of nitrogens with one attached hydrogen (secondary N) is 1. The lowest BCUT2D eigenvalue weighted by atomic mass is 10.0. The van der Waals surface area contributed by atoms with Crippen molar-refractivity contribution in [2.75, 3.05) is 6.61 Å². The summed E-state index contributed by atoms with van der Waals surface area (Å²) in [4.78, 5) is 30.3. The van der Waals surface area contributed by atoms with Crippen LogP contribution in [0, 0.1) is 0 Å². The van der Waals surface area contributed by atoms with Crippen molar-refractivity contribution in [2.24, 2.45) is 0 Å². The van der Waals surface area contributed by atoms with Crippen LogP contribution in [-0.2, 0) is 20.3 Å². The Hall–Kier alpha value is -1.20. The fraction of sp³-hybridized carbons (Fsp3) is 0.720. The summed E-state index contributed by atoms with van der Waals surface area (Å²) < 4.78 is 15.7. The Morgan fingerprint density at radius 2 is 1.38 bits per heavy atom. The third-order valence-corrected chi connectivity index (χ3v) is 6.13. The SMILES string of the molecule is CCCCCCCCCCCCCCCC(=O)N[C@@H](COP(=O)(O)O)Cc1ccccc1. The molecule has 0 bridgehead atoms. The molecule has 0 saturated heterocycles. The maximum absolute atomic E-state index is 12.3. The second kappa shape index (κ2) is 18.3. The molecule has 1 aromatic rings. The van der Waals surface area contributed by atoms with Crippen LogP contribution in [0.25, 0.3) is 0 Å². The average molecular weight is 470 g/mol. The van der Waals surface area contributed by atoms with Crippen molar-refractivity contribution >= 4 is 13.7 Å². The molecule has 1 rings (SSSR count). The lowest BCUT2D eigenvalue weighted by molar-refractivity contribution is -0.122. The molecule has 6 nitrogen and oxygen atoms in total. The maximum Gasteiger partial charge on any atom is 0.469 e. The van der Waals surface area contributed by atoms with Crippen LogP contribution in [0.2, 0.25) is 0 Å². The van der Waals surface area contributed by atoms with E-state index in [1.807, 2.05) is 30.3 Å². The Bertz CT molecular complexity index is 634. The summed E-state index contributed by atoms with van der Waals surface area (Å²) in [5, 5.41) is 2.87. The van der Waals surface area contributed by atoms with E-state index < -0.39 is 13.9 Å². The number of hydrogen-bond donors (Lipinski definition) is 3. The molecule has 7 heteroatoms. The van der Waals surface area contributed by atoms with Gasteiger partial charge in [-0.3, -0.25) is 9.32 Å². The van der Waals surface area contributed by atoms with Crippen LogP contribution in [0.15, 0.2) is 30.3 Å². The topological polar surface area (TPSA) is 95.9 Å². The number of amides is 1. The molecule has 0 fully saturated rings. The first-order valence-corrected chi connectivity index (χ1v) is 14.0. The number of carbonyl (C=O) groups is 1. The predicted octanol–water partition coefficient (Wildman–Crippen LogP) is 6.30. The number of carbonyl (C=O) groups excluding carboxylic acids is 1. The van der Waals surface area contributed by atoms with Gasteiger partial charge in [0.2, 0.25) is 5.91 Å². The molecule has 0 spiro atoms. The van der Waals surface area contributed by atoms with Crippen LogP contribution in [0.1, 0.15) is 102 Å². The summed E-state index contributed by atoms with van der Waals surface area (Å²) in [6.45, 7) is 2.03. The van der Waals surface area contributed by atoms with Crippen molar-refractivity contribution < 1.29 is 23.7 Å². The molecule has 0 radical (unpaired) electrons. The minimum atomic E-state index is -4.57. The van der Waals surface area contributed by atoms with E-state index in [4.69, 9.17) is 9.79 Å². The molecule has 0 aliphatic rings. The van der Waals surface area contributed by atoms with Gasteiger partial charge in [0.15, 0.2) is 0 Å². The molecule has 0 aliphatic heterocycles. The van der Waals surface area contributed by atoms with Crippen molar-refractivity contribution in [2.45, 2.75) is 109 Å². The quantitative estimate of drug-likeness (QED) is 0.154. The molecule has 32 heavy (non-hydrogen) atoms. The number of phosphoric ester groups is 1. The van der Waals surface area contributed by atoms with Gasteiger partial charge in [-0.15, -0.1) is 0 Å². The first-order valence-electron chi connectivity index (χ1n) is 12.4. The largest absolute Gasteiger partial charge is 0.469 e. The van der Waals surface area contributed by atoms with Gasteiger partial charge in [-0.25, -0.2) is 4.57 Å². The first kappa shape index (κ1) is 28.8. The molecule has 0 heterocycles. The highest BCUT2D eigenvalue weighted by Gasteiger charge is 2.20. The number of hydrogen-bond acceptors (Lipinski definition) is 3. The minimum Gasteiger partial charge on any atom is -0.351 e. The van der Waals surface area contributed by atoms with E-state index in [1.165, 1.54) is 64.2 Å². The molecule has 1 aromatic carbocycles. The Balaban J connectivity index is 2.13. The van der Waals surface area contributed by atoms with E-state index in [9.17, 15) is 9.36 Å². The predicted molar refractivity (Wildman–Crippen MR) is 130 cm³/mol. The van der Waals surface area contributed by atoms with Gasteiger partial charge in [0.25, 0.3) is 0 Å². The first-order chi connectivity index (χ1) is 15.4. The maximum atomic E-state index is 12.3. The van der Waals surface area contributed by atoms with Crippen LogP contribution >= 0.6 is 7.82 Å². The van der Waals surface area contributed by atoms with Crippen molar-refractivity contribution in [1.82, 2.24) is 5.32 Å². The lowest BCUT2D eigenvalue weighted by Gasteiger charge is -2.19. The third-order valence-electron chi connectivity index (χ3n) is 5.64. The van der Waals surface area contributed by atoms with Crippen LogP contribution < -0.4 is 5.32 Å². The van der Waals surface area contributed by atoms with Gasteiger partial charge in [-0.1, -0.05) is 114 Å². The van der Waals surface area contributed by atoms with Gasteiger partial charge in [0.05, 0.1) is 12.6 Å². The van der Waals surface area contributed by atoms with E-state index in [2.05, 4.69) is 16.8 Å². The number of unbranched alkanes of at least 4 members (excludes halogenated alkanes) is 12. The highest BCUT2D eigenvalue weighted by Crippen LogP contribution is 2.35. The zero-order valence-electron chi connectivity index (χ0n) is 19.8. The lowest BCUT2D eigenvalue weighted by Crippen LogP contribution is -2.39.